The molecular weight excluding hydrogens is 184 g/mol. The summed E-state index contributed by atoms with van der Waals surface area (Å²) in [5.74, 6) is 2.04. The van der Waals surface area contributed by atoms with E-state index in [0.717, 1.165) is 23.9 Å². The van der Waals surface area contributed by atoms with Crippen molar-refractivity contribution >= 4 is 0 Å². The summed E-state index contributed by atoms with van der Waals surface area (Å²) in [6.07, 6.45) is 7.32. The minimum Gasteiger partial charge on any atom is -0.314 e. The summed E-state index contributed by atoms with van der Waals surface area (Å²) in [5.41, 5.74) is 0. The molecule has 1 saturated carbocycles. The number of hydrogen-bond acceptors (Lipinski definition) is 2. The van der Waals surface area contributed by atoms with Crippen molar-refractivity contribution in [2.24, 2.45) is 11.8 Å². The number of fused-ring (bicyclic) bond motifs is 2. The van der Waals surface area contributed by atoms with Crippen molar-refractivity contribution in [1.82, 2.24) is 10.2 Å². The third-order valence-electron chi connectivity index (χ3n) is 4.75. The van der Waals surface area contributed by atoms with Crippen LogP contribution in [0.5, 0.6) is 0 Å². The molecule has 0 aromatic carbocycles. The third kappa shape index (κ3) is 2.07. The fourth-order valence-corrected chi connectivity index (χ4v) is 3.98. The summed E-state index contributed by atoms with van der Waals surface area (Å²) in [4.78, 5) is 2.80. The van der Waals surface area contributed by atoms with Crippen LogP contribution in [-0.2, 0) is 0 Å². The molecule has 0 radical (unpaired) electrons. The predicted molar refractivity (Wildman–Crippen MR) is 62.9 cm³/mol. The van der Waals surface area contributed by atoms with E-state index in [0.29, 0.717) is 0 Å². The normalized spacial score (nSPS) is 46.2. The average molecular weight is 208 g/mol. The maximum atomic E-state index is 3.55. The monoisotopic (exact) mass is 208 g/mol. The molecule has 2 heterocycles. The van der Waals surface area contributed by atoms with Gasteiger partial charge in [0.2, 0.25) is 0 Å². The largest absolute Gasteiger partial charge is 0.314 e. The molecule has 2 bridgehead atoms. The van der Waals surface area contributed by atoms with Crippen LogP contribution in [0.1, 0.15) is 39.0 Å². The predicted octanol–water partition coefficient (Wildman–Crippen LogP) is 1.86. The van der Waals surface area contributed by atoms with Gasteiger partial charge in [-0.2, -0.15) is 0 Å². The van der Waals surface area contributed by atoms with E-state index in [1.807, 2.05) is 0 Å². The molecule has 86 valence electrons. The van der Waals surface area contributed by atoms with Crippen molar-refractivity contribution in [3.63, 3.8) is 0 Å². The Morgan fingerprint density at radius 1 is 1.20 bits per heavy atom. The van der Waals surface area contributed by atoms with Crippen molar-refractivity contribution in [2.75, 3.05) is 19.6 Å². The molecule has 0 spiro atoms. The fraction of sp³-hybridized carbons (Fsp3) is 1.00. The van der Waals surface area contributed by atoms with Gasteiger partial charge in [0.25, 0.3) is 0 Å². The molecule has 4 atom stereocenters. The van der Waals surface area contributed by atoms with Crippen LogP contribution in [0.2, 0.25) is 0 Å². The molecular formula is C13H24N2. The van der Waals surface area contributed by atoms with Crippen molar-refractivity contribution in [2.45, 2.75) is 51.1 Å². The number of nitrogens with zero attached hydrogens (tertiary/aromatic N) is 1. The molecule has 2 aliphatic heterocycles. The Bertz CT molecular complexity index is 229. The van der Waals surface area contributed by atoms with Gasteiger partial charge in [0.1, 0.15) is 0 Å². The Labute approximate surface area is 93.4 Å². The van der Waals surface area contributed by atoms with E-state index in [-0.39, 0.29) is 0 Å². The van der Waals surface area contributed by atoms with Crippen molar-refractivity contribution < 1.29 is 0 Å². The maximum absolute atomic E-state index is 3.55. The van der Waals surface area contributed by atoms with Gasteiger partial charge in [-0.1, -0.05) is 0 Å². The van der Waals surface area contributed by atoms with Gasteiger partial charge in [0.05, 0.1) is 0 Å². The topological polar surface area (TPSA) is 15.3 Å². The van der Waals surface area contributed by atoms with Crippen molar-refractivity contribution in [3.05, 3.63) is 0 Å². The van der Waals surface area contributed by atoms with Gasteiger partial charge in [0.15, 0.2) is 0 Å². The summed E-state index contributed by atoms with van der Waals surface area (Å²) < 4.78 is 0. The second-order valence-electron chi connectivity index (χ2n) is 6.03. The molecule has 3 fully saturated rings. The minimum atomic E-state index is 0.753. The molecule has 4 unspecified atom stereocenters. The molecule has 2 saturated heterocycles. The Morgan fingerprint density at radius 2 is 2.13 bits per heavy atom. The van der Waals surface area contributed by atoms with Crippen LogP contribution >= 0.6 is 0 Å². The van der Waals surface area contributed by atoms with Crippen LogP contribution in [0.25, 0.3) is 0 Å². The standard InChI is InChI=1S/C13H24N2/c1-10-6-12(4-5-14-10)9-15-8-11-2-3-13(15)7-11/h10-14H,2-9H2,1H3. The maximum Gasteiger partial charge on any atom is 0.00987 e. The van der Waals surface area contributed by atoms with Gasteiger partial charge in [-0.05, 0) is 57.4 Å². The van der Waals surface area contributed by atoms with Crippen molar-refractivity contribution in [3.8, 4) is 0 Å². The Morgan fingerprint density at radius 3 is 2.80 bits per heavy atom. The summed E-state index contributed by atoms with van der Waals surface area (Å²) >= 11 is 0. The number of hydrogen-bond donors (Lipinski definition) is 1. The lowest BCUT2D eigenvalue weighted by Gasteiger charge is -2.34. The minimum absolute atomic E-state index is 0.753. The Balaban J connectivity index is 1.52. The highest BCUT2D eigenvalue weighted by atomic mass is 15.2. The summed E-state index contributed by atoms with van der Waals surface area (Å²) in [6, 6.07) is 1.73. The lowest BCUT2D eigenvalue weighted by Crippen LogP contribution is -2.42. The average Bonchev–Trinajstić information content (AvgIpc) is 2.79. The number of rotatable bonds is 2. The molecule has 3 aliphatic rings. The first-order valence-electron chi connectivity index (χ1n) is 6.78. The van der Waals surface area contributed by atoms with E-state index in [1.165, 1.54) is 51.7 Å². The van der Waals surface area contributed by atoms with Crippen LogP contribution in [0.3, 0.4) is 0 Å². The van der Waals surface area contributed by atoms with Gasteiger partial charge in [-0.3, -0.25) is 4.90 Å². The summed E-state index contributed by atoms with van der Waals surface area (Å²) in [7, 11) is 0. The van der Waals surface area contributed by atoms with E-state index in [9.17, 15) is 0 Å². The second-order valence-corrected chi connectivity index (χ2v) is 6.03. The third-order valence-corrected chi connectivity index (χ3v) is 4.75. The highest BCUT2D eigenvalue weighted by molar-refractivity contribution is 4.93. The molecule has 15 heavy (non-hydrogen) atoms. The molecule has 2 nitrogen and oxygen atoms in total. The van der Waals surface area contributed by atoms with E-state index in [2.05, 4.69) is 17.1 Å². The van der Waals surface area contributed by atoms with E-state index < -0.39 is 0 Å². The van der Waals surface area contributed by atoms with Crippen LogP contribution < -0.4 is 5.32 Å². The first-order valence-corrected chi connectivity index (χ1v) is 6.78. The lowest BCUT2D eigenvalue weighted by atomic mass is 9.92. The smallest absolute Gasteiger partial charge is 0.00987 e. The van der Waals surface area contributed by atoms with E-state index in [1.54, 1.807) is 0 Å². The zero-order chi connectivity index (χ0) is 10.3. The zero-order valence-electron chi connectivity index (χ0n) is 9.91. The summed E-state index contributed by atoms with van der Waals surface area (Å²) in [5, 5.41) is 3.55. The number of piperidine rings is 2. The number of nitrogens with one attached hydrogen (secondary N) is 1. The molecule has 0 aromatic heterocycles. The van der Waals surface area contributed by atoms with Crippen LogP contribution in [-0.4, -0.2) is 36.6 Å². The highest BCUT2D eigenvalue weighted by Gasteiger charge is 2.38. The molecule has 0 amide bonds. The molecule has 2 heteroatoms. The van der Waals surface area contributed by atoms with Crippen molar-refractivity contribution in [1.29, 1.82) is 0 Å². The molecule has 1 N–H and O–H groups in total. The first-order chi connectivity index (χ1) is 7.31. The van der Waals surface area contributed by atoms with E-state index in [4.69, 9.17) is 0 Å². The summed E-state index contributed by atoms with van der Waals surface area (Å²) in [6.45, 7) is 6.40. The van der Waals surface area contributed by atoms with Gasteiger partial charge >= 0.3 is 0 Å². The SMILES string of the molecule is CC1CC(CN2CC3CCC2C3)CCN1. The quantitative estimate of drug-likeness (QED) is 0.745. The lowest BCUT2D eigenvalue weighted by molar-refractivity contribution is 0.156. The highest BCUT2D eigenvalue weighted by Crippen LogP contribution is 2.38. The fourth-order valence-electron chi connectivity index (χ4n) is 3.98. The molecule has 1 aliphatic carbocycles. The van der Waals surface area contributed by atoms with Crippen LogP contribution in [0, 0.1) is 11.8 Å². The van der Waals surface area contributed by atoms with Gasteiger partial charge in [-0.25, -0.2) is 0 Å². The molecule has 0 aromatic rings. The molecule has 3 rings (SSSR count). The second kappa shape index (κ2) is 4.06. The first kappa shape index (κ1) is 10.1. The van der Waals surface area contributed by atoms with Gasteiger partial charge in [-0.15, -0.1) is 0 Å². The van der Waals surface area contributed by atoms with Crippen LogP contribution in [0.4, 0.5) is 0 Å². The van der Waals surface area contributed by atoms with Gasteiger partial charge in [0, 0.05) is 25.2 Å². The van der Waals surface area contributed by atoms with Crippen LogP contribution in [0.15, 0.2) is 0 Å². The van der Waals surface area contributed by atoms with Gasteiger partial charge < -0.3 is 5.32 Å². The Kier molecular flexibility index (Phi) is 2.73. The number of likely N-dealkylation sites (tertiary alicyclic amines) is 1. The van der Waals surface area contributed by atoms with E-state index >= 15 is 0 Å². The Hall–Kier alpha value is -0.0800. The zero-order valence-corrected chi connectivity index (χ0v) is 9.91.